The number of nitrogens with one attached hydrogen (secondary N) is 1. The van der Waals surface area contributed by atoms with E-state index < -0.39 is 17.4 Å². The summed E-state index contributed by atoms with van der Waals surface area (Å²) in [5.41, 5.74) is -0.631. The number of aromatic nitrogens is 1. The molecule has 5 nitrogen and oxygen atoms in total. The van der Waals surface area contributed by atoms with Gasteiger partial charge in [-0.15, -0.1) is 0 Å². The summed E-state index contributed by atoms with van der Waals surface area (Å²) in [4.78, 5) is 18.5. The molecule has 24 heavy (non-hydrogen) atoms. The van der Waals surface area contributed by atoms with Crippen LogP contribution in [0.15, 0.2) is 12.1 Å². The van der Waals surface area contributed by atoms with E-state index >= 15 is 0 Å². The van der Waals surface area contributed by atoms with Crippen LogP contribution in [0.25, 0.3) is 0 Å². The standard InChI is InChI=1S/C17H23F2N3O2/c1-12-5-6-13(14(21-12)22-9-2-3-10-22)11-20-15(23)17(18,19)16(24)7-4-8-16/h5-6,24H,2-4,7-11H2,1H3,(H,20,23). The van der Waals surface area contributed by atoms with Gasteiger partial charge in [0, 0.05) is 30.9 Å². The molecule has 3 rings (SSSR count). The number of nitrogens with zero attached hydrogens (tertiary/aromatic N) is 2. The highest BCUT2D eigenvalue weighted by Crippen LogP contribution is 2.44. The number of carbonyl (C=O) groups excluding carboxylic acids is 1. The summed E-state index contributed by atoms with van der Waals surface area (Å²) in [5.74, 6) is -4.44. The Balaban J connectivity index is 1.71. The van der Waals surface area contributed by atoms with Crippen LogP contribution in [-0.4, -0.2) is 40.6 Å². The molecule has 7 heteroatoms. The van der Waals surface area contributed by atoms with E-state index in [-0.39, 0.29) is 19.4 Å². The fourth-order valence-electron chi connectivity index (χ4n) is 3.24. The van der Waals surface area contributed by atoms with Crippen molar-refractivity contribution in [2.45, 2.75) is 57.1 Å². The molecule has 1 aliphatic heterocycles. The van der Waals surface area contributed by atoms with Gasteiger partial charge in [-0.2, -0.15) is 8.78 Å². The van der Waals surface area contributed by atoms with Gasteiger partial charge in [0.1, 0.15) is 11.4 Å². The fourth-order valence-corrected chi connectivity index (χ4v) is 3.24. The van der Waals surface area contributed by atoms with Crippen molar-refractivity contribution in [2.24, 2.45) is 0 Å². The van der Waals surface area contributed by atoms with Crippen LogP contribution in [0.5, 0.6) is 0 Å². The second-order valence-electron chi connectivity index (χ2n) is 6.77. The number of rotatable bonds is 5. The fraction of sp³-hybridized carbons (Fsp3) is 0.647. The first-order chi connectivity index (χ1) is 11.3. The normalized spacial score (nSPS) is 19.9. The smallest absolute Gasteiger partial charge is 0.352 e. The van der Waals surface area contributed by atoms with Crippen LogP contribution in [0.2, 0.25) is 0 Å². The van der Waals surface area contributed by atoms with Gasteiger partial charge in [-0.3, -0.25) is 4.79 Å². The molecule has 2 heterocycles. The number of anilines is 1. The molecule has 2 N–H and O–H groups in total. The lowest BCUT2D eigenvalue weighted by molar-refractivity contribution is -0.216. The topological polar surface area (TPSA) is 65.5 Å². The summed E-state index contributed by atoms with van der Waals surface area (Å²) in [7, 11) is 0. The zero-order chi connectivity index (χ0) is 17.4. The van der Waals surface area contributed by atoms with E-state index in [2.05, 4.69) is 15.2 Å². The highest BCUT2D eigenvalue weighted by molar-refractivity contribution is 5.85. The van der Waals surface area contributed by atoms with Gasteiger partial charge in [-0.25, -0.2) is 4.98 Å². The minimum absolute atomic E-state index is 0.0242. The maximum atomic E-state index is 14.1. The predicted molar refractivity (Wildman–Crippen MR) is 86.0 cm³/mol. The first kappa shape index (κ1) is 17.1. The van der Waals surface area contributed by atoms with E-state index in [0.717, 1.165) is 37.4 Å². The highest BCUT2D eigenvalue weighted by atomic mass is 19.3. The number of halogens is 2. The van der Waals surface area contributed by atoms with Crippen LogP contribution in [0.1, 0.15) is 43.4 Å². The second kappa shape index (κ2) is 6.27. The number of amides is 1. The number of hydrogen-bond donors (Lipinski definition) is 2. The van der Waals surface area contributed by atoms with Crippen molar-refractivity contribution in [3.05, 3.63) is 23.4 Å². The molecular formula is C17H23F2N3O2. The summed E-state index contributed by atoms with van der Waals surface area (Å²) in [6.45, 7) is 3.62. The molecule has 0 aromatic carbocycles. The Morgan fingerprint density at radius 2 is 2.00 bits per heavy atom. The third-order valence-electron chi connectivity index (χ3n) is 4.99. The van der Waals surface area contributed by atoms with Crippen LogP contribution >= 0.6 is 0 Å². The van der Waals surface area contributed by atoms with Gasteiger partial charge in [-0.05, 0) is 45.1 Å². The first-order valence-corrected chi connectivity index (χ1v) is 8.43. The second-order valence-corrected chi connectivity index (χ2v) is 6.77. The Bertz CT molecular complexity index is 626. The molecule has 1 amide bonds. The number of pyridine rings is 1. The van der Waals surface area contributed by atoms with Gasteiger partial charge < -0.3 is 15.3 Å². The average molecular weight is 339 g/mol. The number of aryl methyl sites for hydroxylation is 1. The van der Waals surface area contributed by atoms with Gasteiger partial charge in [0.15, 0.2) is 0 Å². The lowest BCUT2D eigenvalue weighted by Gasteiger charge is -2.41. The molecule has 132 valence electrons. The van der Waals surface area contributed by atoms with Crippen molar-refractivity contribution in [3.8, 4) is 0 Å². The minimum Gasteiger partial charge on any atom is -0.383 e. The van der Waals surface area contributed by atoms with Crippen LogP contribution in [0, 0.1) is 6.92 Å². The monoisotopic (exact) mass is 339 g/mol. The van der Waals surface area contributed by atoms with Crippen LogP contribution in [0.4, 0.5) is 14.6 Å². The zero-order valence-corrected chi connectivity index (χ0v) is 13.8. The Morgan fingerprint density at radius 3 is 2.58 bits per heavy atom. The van der Waals surface area contributed by atoms with Crippen molar-refractivity contribution >= 4 is 11.7 Å². The van der Waals surface area contributed by atoms with Crippen molar-refractivity contribution < 1.29 is 18.7 Å². The minimum atomic E-state index is -3.77. The molecule has 2 aliphatic rings. The van der Waals surface area contributed by atoms with Crippen LogP contribution in [-0.2, 0) is 11.3 Å². The summed E-state index contributed by atoms with van der Waals surface area (Å²) in [5, 5.41) is 12.1. The van der Waals surface area contributed by atoms with E-state index in [1.165, 1.54) is 0 Å². The van der Waals surface area contributed by atoms with Gasteiger partial charge in [0.25, 0.3) is 5.91 Å². The Labute approximate surface area is 140 Å². The lowest BCUT2D eigenvalue weighted by Crippen LogP contribution is -2.60. The van der Waals surface area contributed by atoms with Crippen molar-refractivity contribution in [1.82, 2.24) is 10.3 Å². The molecule has 1 saturated carbocycles. The van der Waals surface area contributed by atoms with Crippen molar-refractivity contribution in [1.29, 1.82) is 0 Å². The number of alkyl halides is 2. The molecule has 2 fully saturated rings. The molecule has 0 bridgehead atoms. The maximum Gasteiger partial charge on any atom is 0.352 e. The summed E-state index contributed by atoms with van der Waals surface area (Å²) >= 11 is 0. The quantitative estimate of drug-likeness (QED) is 0.863. The molecule has 0 spiro atoms. The molecule has 1 aromatic heterocycles. The van der Waals surface area contributed by atoms with Crippen LogP contribution < -0.4 is 10.2 Å². The molecular weight excluding hydrogens is 316 g/mol. The lowest BCUT2D eigenvalue weighted by atomic mass is 9.75. The van der Waals surface area contributed by atoms with Crippen molar-refractivity contribution in [3.63, 3.8) is 0 Å². The highest BCUT2D eigenvalue weighted by Gasteiger charge is 2.61. The number of carbonyl (C=O) groups is 1. The third kappa shape index (κ3) is 2.97. The zero-order valence-electron chi connectivity index (χ0n) is 13.8. The SMILES string of the molecule is Cc1ccc(CNC(=O)C(F)(F)C2(O)CCC2)c(N2CCCC2)n1. The molecule has 1 saturated heterocycles. The molecule has 0 atom stereocenters. The summed E-state index contributed by atoms with van der Waals surface area (Å²) in [6.07, 6.45) is 2.58. The Hall–Kier alpha value is -1.76. The average Bonchev–Trinajstić information content (AvgIpc) is 3.05. The van der Waals surface area contributed by atoms with Gasteiger partial charge in [0.2, 0.25) is 0 Å². The summed E-state index contributed by atoms with van der Waals surface area (Å²) in [6, 6.07) is 3.62. The van der Waals surface area contributed by atoms with E-state index in [1.807, 2.05) is 13.0 Å². The first-order valence-electron chi connectivity index (χ1n) is 8.43. The van der Waals surface area contributed by atoms with E-state index in [4.69, 9.17) is 0 Å². The van der Waals surface area contributed by atoms with Gasteiger partial charge >= 0.3 is 5.92 Å². The molecule has 0 radical (unpaired) electrons. The van der Waals surface area contributed by atoms with E-state index in [9.17, 15) is 18.7 Å². The Morgan fingerprint density at radius 1 is 1.33 bits per heavy atom. The Kier molecular flexibility index (Phi) is 4.46. The number of aliphatic hydroxyl groups is 1. The van der Waals surface area contributed by atoms with Gasteiger partial charge in [-0.1, -0.05) is 6.07 Å². The van der Waals surface area contributed by atoms with Gasteiger partial charge in [0.05, 0.1) is 0 Å². The molecule has 1 aromatic rings. The summed E-state index contributed by atoms with van der Waals surface area (Å²) < 4.78 is 28.3. The molecule has 1 aliphatic carbocycles. The van der Waals surface area contributed by atoms with E-state index in [1.54, 1.807) is 6.07 Å². The largest absolute Gasteiger partial charge is 0.383 e. The number of hydrogen-bond acceptors (Lipinski definition) is 4. The van der Waals surface area contributed by atoms with Crippen molar-refractivity contribution in [2.75, 3.05) is 18.0 Å². The van der Waals surface area contributed by atoms with E-state index in [0.29, 0.717) is 12.0 Å². The predicted octanol–water partition coefficient (Wildman–Crippen LogP) is 2.16. The molecule has 0 unspecified atom stereocenters. The third-order valence-corrected chi connectivity index (χ3v) is 4.99. The maximum absolute atomic E-state index is 14.1. The van der Waals surface area contributed by atoms with Crippen LogP contribution in [0.3, 0.4) is 0 Å².